The Balaban J connectivity index is 1.97. The van der Waals surface area contributed by atoms with Crippen LogP contribution in [0.5, 0.6) is 0 Å². The number of nitrogens with zero attached hydrogens (tertiary/aromatic N) is 1. The van der Waals surface area contributed by atoms with Crippen molar-refractivity contribution in [2.75, 3.05) is 53.5 Å². The molecule has 0 spiro atoms. The van der Waals surface area contributed by atoms with Gasteiger partial charge in [0.25, 0.3) is 0 Å². The Labute approximate surface area is 110 Å². The molecular weight excluding hydrogens is 230 g/mol. The van der Waals surface area contributed by atoms with Gasteiger partial charge in [0, 0.05) is 26.8 Å². The van der Waals surface area contributed by atoms with Gasteiger partial charge in [-0.25, -0.2) is 0 Å². The summed E-state index contributed by atoms with van der Waals surface area (Å²) in [6.07, 6.45) is 3.41. The molecule has 1 heterocycles. The van der Waals surface area contributed by atoms with Crippen molar-refractivity contribution < 1.29 is 9.53 Å². The number of piperidine rings is 1. The van der Waals surface area contributed by atoms with Gasteiger partial charge in [-0.1, -0.05) is 0 Å². The second-order valence-corrected chi connectivity index (χ2v) is 5.10. The van der Waals surface area contributed by atoms with E-state index in [2.05, 4.69) is 22.6 Å². The van der Waals surface area contributed by atoms with Gasteiger partial charge < -0.3 is 20.3 Å². The molecule has 5 heteroatoms. The molecule has 0 radical (unpaired) electrons. The molecule has 106 valence electrons. The molecule has 1 amide bonds. The molecule has 0 aliphatic carbocycles. The van der Waals surface area contributed by atoms with Crippen LogP contribution < -0.4 is 10.6 Å². The van der Waals surface area contributed by atoms with E-state index in [9.17, 15) is 4.79 Å². The number of nitrogens with one attached hydrogen (secondary N) is 2. The highest BCUT2D eigenvalue weighted by Crippen LogP contribution is 2.13. The molecule has 0 saturated carbocycles. The van der Waals surface area contributed by atoms with Crippen LogP contribution in [0.1, 0.15) is 19.3 Å². The molecule has 1 atom stereocenters. The van der Waals surface area contributed by atoms with Crippen molar-refractivity contribution in [1.29, 1.82) is 0 Å². The Morgan fingerprint density at radius 1 is 1.50 bits per heavy atom. The van der Waals surface area contributed by atoms with Crippen LogP contribution in [0.2, 0.25) is 0 Å². The summed E-state index contributed by atoms with van der Waals surface area (Å²) in [7, 11) is 3.83. The lowest BCUT2D eigenvalue weighted by molar-refractivity contribution is -0.120. The van der Waals surface area contributed by atoms with Gasteiger partial charge in [0.1, 0.15) is 0 Å². The minimum absolute atomic E-state index is 0.0790. The van der Waals surface area contributed by atoms with Gasteiger partial charge in [-0.05, 0) is 45.3 Å². The SMILES string of the molecule is COCCCNC(=O)CNCC1CCCN(C)C1. The molecule has 0 bridgehead atoms. The van der Waals surface area contributed by atoms with E-state index < -0.39 is 0 Å². The highest BCUT2D eigenvalue weighted by Gasteiger charge is 2.16. The Morgan fingerprint density at radius 3 is 3.06 bits per heavy atom. The predicted molar refractivity (Wildman–Crippen MR) is 72.6 cm³/mol. The van der Waals surface area contributed by atoms with Crippen LogP contribution in [-0.4, -0.2) is 64.3 Å². The molecule has 1 unspecified atom stereocenters. The highest BCUT2D eigenvalue weighted by atomic mass is 16.5. The predicted octanol–water partition coefficient (Wildman–Crippen LogP) is 0.0705. The molecule has 5 nitrogen and oxygen atoms in total. The third-order valence-corrected chi connectivity index (χ3v) is 3.29. The minimum Gasteiger partial charge on any atom is -0.385 e. The molecular formula is C13H27N3O2. The van der Waals surface area contributed by atoms with Gasteiger partial charge in [0.05, 0.1) is 6.54 Å². The molecule has 1 rings (SSSR count). The Hall–Kier alpha value is -0.650. The van der Waals surface area contributed by atoms with E-state index >= 15 is 0 Å². The smallest absolute Gasteiger partial charge is 0.233 e. The largest absolute Gasteiger partial charge is 0.385 e. The normalized spacial score (nSPS) is 20.9. The fraction of sp³-hybridized carbons (Fsp3) is 0.923. The number of likely N-dealkylation sites (tertiary alicyclic amines) is 1. The van der Waals surface area contributed by atoms with Gasteiger partial charge in [-0.15, -0.1) is 0 Å². The van der Waals surface area contributed by atoms with Gasteiger partial charge >= 0.3 is 0 Å². The number of rotatable bonds is 8. The minimum atomic E-state index is 0.0790. The fourth-order valence-electron chi connectivity index (χ4n) is 2.34. The Bertz CT molecular complexity index is 236. The number of ether oxygens (including phenoxy) is 1. The third kappa shape index (κ3) is 6.93. The first kappa shape index (κ1) is 15.4. The molecule has 1 aliphatic heterocycles. The monoisotopic (exact) mass is 257 g/mol. The average Bonchev–Trinajstić information content (AvgIpc) is 2.35. The van der Waals surface area contributed by atoms with Crippen molar-refractivity contribution in [3.8, 4) is 0 Å². The van der Waals surface area contributed by atoms with E-state index in [4.69, 9.17) is 4.74 Å². The Morgan fingerprint density at radius 2 is 2.33 bits per heavy atom. The van der Waals surface area contributed by atoms with E-state index in [1.54, 1.807) is 7.11 Å². The van der Waals surface area contributed by atoms with Crippen LogP contribution in [0.15, 0.2) is 0 Å². The molecule has 2 N–H and O–H groups in total. The topological polar surface area (TPSA) is 53.6 Å². The van der Waals surface area contributed by atoms with Crippen molar-refractivity contribution in [1.82, 2.24) is 15.5 Å². The highest BCUT2D eigenvalue weighted by molar-refractivity contribution is 5.77. The quantitative estimate of drug-likeness (QED) is 0.604. The summed E-state index contributed by atoms with van der Waals surface area (Å²) in [5, 5.41) is 6.12. The summed E-state index contributed by atoms with van der Waals surface area (Å²) in [4.78, 5) is 13.8. The fourth-order valence-corrected chi connectivity index (χ4v) is 2.34. The summed E-state index contributed by atoms with van der Waals surface area (Å²) in [5.41, 5.74) is 0. The molecule has 1 aliphatic rings. The standard InChI is InChI=1S/C13H27N3O2/c1-16-7-3-5-12(11-16)9-14-10-13(17)15-6-4-8-18-2/h12,14H,3-11H2,1-2H3,(H,15,17). The summed E-state index contributed by atoms with van der Waals surface area (Å²) >= 11 is 0. The van der Waals surface area contributed by atoms with Crippen LogP contribution in [0.4, 0.5) is 0 Å². The van der Waals surface area contributed by atoms with Gasteiger partial charge in [0.15, 0.2) is 0 Å². The summed E-state index contributed by atoms with van der Waals surface area (Å²) in [6.45, 7) is 5.10. The molecule has 1 saturated heterocycles. The number of methoxy groups -OCH3 is 1. The van der Waals surface area contributed by atoms with E-state index in [1.807, 2.05) is 0 Å². The first-order chi connectivity index (χ1) is 8.72. The zero-order valence-corrected chi connectivity index (χ0v) is 11.7. The molecule has 18 heavy (non-hydrogen) atoms. The summed E-state index contributed by atoms with van der Waals surface area (Å²) in [5.74, 6) is 0.764. The number of carbonyl (C=O) groups is 1. The zero-order chi connectivity index (χ0) is 13.2. The van der Waals surface area contributed by atoms with Crippen molar-refractivity contribution in [2.24, 2.45) is 5.92 Å². The number of hydrogen-bond acceptors (Lipinski definition) is 4. The molecule has 1 fully saturated rings. The van der Waals surface area contributed by atoms with Crippen LogP contribution in [0.3, 0.4) is 0 Å². The zero-order valence-electron chi connectivity index (χ0n) is 11.7. The van der Waals surface area contributed by atoms with Gasteiger partial charge in [-0.2, -0.15) is 0 Å². The lowest BCUT2D eigenvalue weighted by atomic mass is 9.98. The summed E-state index contributed by atoms with van der Waals surface area (Å²) < 4.78 is 4.92. The number of amides is 1. The lowest BCUT2D eigenvalue weighted by Gasteiger charge is -2.29. The van der Waals surface area contributed by atoms with E-state index in [0.717, 1.165) is 19.5 Å². The first-order valence-electron chi connectivity index (χ1n) is 6.87. The number of hydrogen-bond donors (Lipinski definition) is 2. The van der Waals surface area contributed by atoms with Gasteiger partial charge in [-0.3, -0.25) is 4.79 Å². The summed E-state index contributed by atoms with van der Waals surface area (Å²) in [6, 6.07) is 0. The second kappa shape index (κ2) is 9.30. The van der Waals surface area contributed by atoms with Crippen LogP contribution in [0, 0.1) is 5.92 Å². The van der Waals surface area contributed by atoms with Crippen LogP contribution in [0.25, 0.3) is 0 Å². The van der Waals surface area contributed by atoms with E-state index in [0.29, 0.717) is 25.6 Å². The Kier molecular flexibility index (Phi) is 7.96. The van der Waals surface area contributed by atoms with Gasteiger partial charge in [0.2, 0.25) is 5.91 Å². The van der Waals surface area contributed by atoms with E-state index in [1.165, 1.54) is 19.4 Å². The maximum atomic E-state index is 11.5. The third-order valence-electron chi connectivity index (χ3n) is 3.29. The van der Waals surface area contributed by atoms with E-state index in [-0.39, 0.29) is 5.91 Å². The lowest BCUT2D eigenvalue weighted by Crippen LogP contribution is -2.41. The van der Waals surface area contributed by atoms with Crippen LogP contribution >= 0.6 is 0 Å². The second-order valence-electron chi connectivity index (χ2n) is 5.10. The van der Waals surface area contributed by atoms with Crippen LogP contribution in [-0.2, 0) is 9.53 Å². The average molecular weight is 257 g/mol. The maximum absolute atomic E-state index is 11.5. The van der Waals surface area contributed by atoms with Crippen molar-refractivity contribution in [3.63, 3.8) is 0 Å². The number of carbonyl (C=O) groups excluding carboxylic acids is 1. The van der Waals surface area contributed by atoms with Crippen molar-refractivity contribution in [3.05, 3.63) is 0 Å². The molecule has 0 aromatic carbocycles. The molecule has 0 aromatic heterocycles. The van der Waals surface area contributed by atoms with Crippen molar-refractivity contribution in [2.45, 2.75) is 19.3 Å². The van der Waals surface area contributed by atoms with Crippen molar-refractivity contribution >= 4 is 5.91 Å². The maximum Gasteiger partial charge on any atom is 0.233 e. The first-order valence-corrected chi connectivity index (χ1v) is 6.87. The molecule has 0 aromatic rings.